The number of phenolic OH excluding ortho intramolecular Hbond substituents is 1. The minimum Gasteiger partial charge on any atom is -0.507 e. The van der Waals surface area contributed by atoms with Gasteiger partial charge in [0.05, 0.1) is 22.4 Å². The predicted octanol–water partition coefficient (Wildman–Crippen LogP) is 4.24. The first kappa shape index (κ1) is 24.7. The summed E-state index contributed by atoms with van der Waals surface area (Å²) in [6.07, 6.45) is 3.52. The third-order valence-corrected chi connectivity index (χ3v) is 8.44. The van der Waals surface area contributed by atoms with Crippen LogP contribution in [0.3, 0.4) is 0 Å². The zero-order valence-corrected chi connectivity index (χ0v) is 21.2. The van der Waals surface area contributed by atoms with Gasteiger partial charge in [0.15, 0.2) is 11.6 Å². The van der Waals surface area contributed by atoms with Crippen LogP contribution in [0.5, 0.6) is 5.75 Å². The standard InChI is InChI=1S/C30H24N2O7/c1-14-5-3-8-19(27(14)34)24-18-9-10-20-25(21(18)13-22-23(33)11-15(2)28(35)26(22)24)30(37)31(29(20)36)16-6-4-7-17(12-16)32(38)39/h3-9,11-12,20-21,24-25,34H,10,13H2,1-2H3/t20-,21+,24+,25-/m0/s1. The average molecular weight is 525 g/mol. The molecule has 0 unspecified atom stereocenters. The molecule has 2 amide bonds. The lowest BCUT2D eigenvalue weighted by molar-refractivity contribution is -0.384. The Kier molecular flexibility index (Phi) is 5.50. The summed E-state index contributed by atoms with van der Waals surface area (Å²) in [5.74, 6) is -4.32. The number of benzene rings is 2. The predicted molar refractivity (Wildman–Crippen MR) is 140 cm³/mol. The molecule has 0 spiro atoms. The molecule has 4 atom stereocenters. The molecule has 1 N–H and O–H groups in total. The largest absolute Gasteiger partial charge is 0.507 e. The Morgan fingerprint density at radius 1 is 1.00 bits per heavy atom. The van der Waals surface area contributed by atoms with Gasteiger partial charge in [-0.25, -0.2) is 4.90 Å². The van der Waals surface area contributed by atoms with Crippen molar-refractivity contribution >= 4 is 34.8 Å². The van der Waals surface area contributed by atoms with Crippen molar-refractivity contribution in [2.24, 2.45) is 17.8 Å². The Morgan fingerprint density at radius 2 is 1.74 bits per heavy atom. The number of nitro benzene ring substituents is 1. The summed E-state index contributed by atoms with van der Waals surface area (Å²) in [6.45, 7) is 3.33. The number of Topliss-reactive ketones (excluding diaryl/α,β-unsaturated/α-hetero) is 1. The lowest BCUT2D eigenvalue weighted by Crippen LogP contribution is -2.39. The maximum atomic E-state index is 13.9. The zero-order chi connectivity index (χ0) is 27.7. The molecule has 39 heavy (non-hydrogen) atoms. The number of aromatic hydroxyl groups is 1. The molecule has 9 nitrogen and oxygen atoms in total. The van der Waals surface area contributed by atoms with Crippen molar-refractivity contribution in [1.82, 2.24) is 0 Å². The summed E-state index contributed by atoms with van der Waals surface area (Å²) >= 11 is 0. The fraction of sp³-hybridized carbons (Fsp3) is 0.267. The number of imide groups is 1. The van der Waals surface area contributed by atoms with Gasteiger partial charge in [-0.3, -0.25) is 29.3 Å². The van der Waals surface area contributed by atoms with Crippen molar-refractivity contribution < 1.29 is 29.2 Å². The number of hydrogen-bond donors (Lipinski definition) is 1. The van der Waals surface area contributed by atoms with Crippen LogP contribution < -0.4 is 4.90 Å². The van der Waals surface area contributed by atoms with Crippen molar-refractivity contribution in [3.05, 3.63) is 98.2 Å². The SMILES string of the molecule is CC1=CC(=O)C2=C(C1=O)[C@@H](c1cccc(C)c1O)C1=CC[C@@H]3C(=O)N(c4cccc([N+](=O)[O-])c4)C(=O)[C@@H]3[C@@H]1C2. The molecule has 196 valence electrons. The Balaban J connectivity index is 1.49. The molecule has 2 aromatic carbocycles. The second-order valence-corrected chi connectivity index (χ2v) is 10.5. The van der Waals surface area contributed by atoms with E-state index in [-0.39, 0.29) is 41.5 Å². The van der Waals surface area contributed by atoms with Crippen LogP contribution in [-0.2, 0) is 19.2 Å². The van der Waals surface area contributed by atoms with Crippen LogP contribution >= 0.6 is 0 Å². The van der Waals surface area contributed by atoms with Gasteiger partial charge in [-0.2, -0.15) is 0 Å². The second kappa shape index (κ2) is 8.69. The molecule has 1 saturated heterocycles. The van der Waals surface area contributed by atoms with Gasteiger partial charge in [0.25, 0.3) is 5.69 Å². The topological polar surface area (TPSA) is 135 Å². The van der Waals surface area contributed by atoms with Crippen LogP contribution in [0.25, 0.3) is 0 Å². The van der Waals surface area contributed by atoms with E-state index in [0.29, 0.717) is 27.8 Å². The number of nitro groups is 1. The smallest absolute Gasteiger partial charge is 0.271 e. The van der Waals surface area contributed by atoms with Gasteiger partial charge in [-0.1, -0.05) is 35.9 Å². The monoisotopic (exact) mass is 524 g/mol. The van der Waals surface area contributed by atoms with Crippen LogP contribution in [0.1, 0.15) is 36.8 Å². The normalized spacial score (nSPS) is 26.2. The first-order chi connectivity index (χ1) is 18.6. The van der Waals surface area contributed by atoms with E-state index in [2.05, 4.69) is 0 Å². The van der Waals surface area contributed by atoms with Crippen LogP contribution in [0.4, 0.5) is 11.4 Å². The number of fused-ring (bicyclic) bond motifs is 3. The molecule has 1 aliphatic heterocycles. The molecular formula is C30H24N2O7. The average Bonchev–Trinajstić information content (AvgIpc) is 3.17. The number of phenols is 1. The molecule has 4 aliphatic rings. The molecule has 9 heteroatoms. The van der Waals surface area contributed by atoms with Gasteiger partial charge in [0, 0.05) is 40.3 Å². The minimum absolute atomic E-state index is 0.0116. The Labute approximate surface area is 223 Å². The van der Waals surface area contributed by atoms with Gasteiger partial charge in [0.2, 0.25) is 11.8 Å². The Hall–Kier alpha value is -4.66. The summed E-state index contributed by atoms with van der Waals surface area (Å²) in [7, 11) is 0. The van der Waals surface area contributed by atoms with Crippen molar-refractivity contribution in [2.75, 3.05) is 4.90 Å². The molecule has 1 fully saturated rings. The van der Waals surface area contributed by atoms with E-state index in [0.717, 1.165) is 10.5 Å². The molecule has 3 aliphatic carbocycles. The maximum absolute atomic E-state index is 13.9. The molecular weight excluding hydrogens is 500 g/mol. The van der Waals surface area contributed by atoms with E-state index in [1.54, 1.807) is 32.0 Å². The lowest BCUT2D eigenvalue weighted by Gasteiger charge is -2.42. The Bertz CT molecular complexity index is 1630. The quantitative estimate of drug-likeness (QED) is 0.209. The highest BCUT2D eigenvalue weighted by atomic mass is 16.6. The number of carbonyl (C=O) groups excluding carboxylic acids is 4. The van der Waals surface area contributed by atoms with Crippen LogP contribution in [-0.4, -0.2) is 33.4 Å². The minimum atomic E-state index is -0.810. The van der Waals surface area contributed by atoms with Crippen molar-refractivity contribution in [3.8, 4) is 5.75 Å². The molecule has 0 bridgehead atoms. The van der Waals surface area contributed by atoms with Crippen molar-refractivity contribution in [3.63, 3.8) is 0 Å². The van der Waals surface area contributed by atoms with E-state index in [4.69, 9.17) is 0 Å². The highest BCUT2D eigenvalue weighted by molar-refractivity contribution is 6.25. The fourth-order valence-corrected chi connectivity index (χ4v) is 6.63. The van der Waals surface area contributed by atoms with Gasteiger partial charge in [-0.05, 0) is 50.3 Å². The molecule has 6 rings (SSSR count). The summed E-state index contributed by atoms with van der Waals surface area (Å²) in [4.78, 5) is 65.8. The maximum Gasteiger partial charge on any atom is 0.271 e. The highest BCUT2D eigenvalue weighted by Crippen LogP contribution is 2.56. The van der Waals surface area contributed by atoms with Gasteiger partial charge in [0.1, 0.15) is 5.75 Å². The molecule has 0 radical (unpaired) electrons. The summed E-state index contributed by atoms with van der Waals surface area (Å²) in [5, 5.41) is 22.4. The number of nitrogens with zero attached hydrogens (tertiary/aromatic N) is 2. The summed E-state index contributed by atoms with van der Waals surface area (Å²) in [5.41, 5.74) is 2.62. The third kappa shape index (κ3) is 3.53. The molecule has 0 saturated carbocycles. The highest BCUT2D eigenvalue weighted by Gasteiger charge is 2.57. The number of rotatable bonds is 3. The van der Waals surface area contributed by atoms with Gasteiger partial charge >= 0.3 is 0 Å². The number of aryl methyl sites for hydroxylation is 1. The third-order valence-electron chi connectivity index (χ3n) is 8.44. The number of allylic oxidation sites excluding steroid dienone is 6. The molecule has 1 heterocycles. The lowest BCUT2D eigenvalue weighted by atomic mass is 9.59. The Morgan fingerprint density at radius 3 is 2.49 bits per heavy atom. The van der Waals surface area contributed by atoms with E-state index in [1.165, 1.54) is 30.3 Å². The molecule has 2 aromatic rings. The summed E-state index contributed by atoms with van der Waals surface area (Å²) < 4.78 is 0. The number of non-ortho nitro benzene ring substituents is 1. The van der Waals surface area contributed by atoms with E-state index in [1.807, 2.05) is 6.08 Å². The first-order valence-corrected chi connectivity index (χ1v) is 12.7. The summed E-state index contributed by atoms with van der Waals surface area (Å²) in [6, 6.07) is 10.6. The first-order valence-electron chi connectivity index (χ1n) is 12.7. The van der Waals surface area contributed by atoms with Crippen LogP contribution in [0.2, 0.25) is 0 Å². The van der Waals surface area contributed by atoms with Gasteiger partial charge < -0.3 is 5.11 Å². The van der Waals surface area contributed by atoms with Crippen LogP contribution in [0, 0.1) is 34.8 Å². The van der Waals surface area contributed by atoms with Crippen molar-refractivity contribution in [1.29, 1.82) is 0 Å². The fourth-order valence-electron chi connectivity index (χ4n) is 6.63. The van der Waals surface area contributed by atoms with Gasteiger partial charge in [-0.15, -0.1) is 0 Å². The van der Waals surface area contributed by atoms with E-state index < -0.39 is 40.4 Å². The van der Waals surface area contributed by atoms with Crippen LogP contribution in [0.15, 0.2) is 76.9 Å². The number of amides is 2. The number of para-hydroxylation sites is 1. The van der Waals surface area contributed by atoms with E-state index in [9.17, 15) is 34.4 Å². The zero-order valence-electron chi connectivity index (χ0n) is 21.2. The second-order valence-electron chi connectivity index (χ2n) is 10.5. The van der Waals surface area contributed by atoms with Crippen molar-refractivity contribution in [2.45, 2.75) is 32.6 Å². The number of ketones is 2. The number of hydrogen-bond acceptors (Lipinski definition) is 7. The molecule has 0 aromatic heterocycles. The number of carbonyl (C=O) groups is 4. The van der Waals surface area contributed by atoms with E-state index >= 15 is 0 Å². The number of anilines is 1.